The van der Waals surface area contributed by atoms with Crippen LogP contribution in [-0.2, 0) is 9.53 Å². The first-order chi connectivity index (χ1) is 13.2. The molecule has 0 aliphatic carbocycles. The van der Waals surface area contributed by atoms with E-state index in [0.29, 0.717) is 18.1 Å². The summed E-state index contributed by atoms with van der Waals surface area (Å²) in [5.41, 5.74) is 1.39. The highest BCUT2D eigenvalue weighted by molar-refractivity contribution is 7.99. The fourth-order valence-corrected chi connectivity index (χ4v) is 4.59. The van der Waals surface area contributed by atoms with Gasteiger partial charge in [-0.2, -0.15) is 4.98 Å². The smallest absolute Gasteiger partial charge is 0.338 e. The SMILES string of the molecule is CCCCOC(=O)C1=C(C)Nc2nc(SCCCC)nn2C1c1cccs1. The second-order valence-electron chi connectivity index (χ2n) is 6.44. The first-order valence-electron chi connectivity index (χ1n) is 9.43. The molecule has 0 saturated heterocycles. The Morgan fingerprint density at radius 3 is 2.89 bits per heavy atom. The summed E-state index contributed by atoms with van der Waals surface area (Å²) in [7, 11) is 0. The van der Waals surface area contributed by atoms with Gasteiger partial charge < -0.3 is 10.1 Å². The van der Waals surface area contributed by atoms with Crippen LogP contribution in [0.25, 0.3) is 0 Å². The number of thioether (sulfide) groups is 1. The van der Waals surface area contributed by atoms with Crippen LogP contribution < -0.4 is 5.32 Å². The van der Waals surface area contributed by atoms with E-state index >= 15 is 0 Å². The van der Waals surface area contributed by atoms with E-state index in [2.05, 4.69) is 24.1 Å². The number of nitrogens with zero attached hydrogens (tertiary/aromatic N) is 3. The lowest BCUT2D eigenvalue weighted by molar-refractivity contribution is -0.139. The Morgan fingerprint density at radius 1 is 1.37 bits per heavy atom. The van der Waals surface area contributed by atoms with E-state index in [1.807, 2.05) is 29.1 Å². The Labute approximate surface area is 168 Å². The molecule has 27 heavy (non-hydrogen) atoms. The molecule has 0 radical (unpaired) electrons. The first kappa shape index (κ1) is 19.9. The summed E-state index contributed by atoms with van der Waals surface area (Å²) in [6.45, 7) is 6.59. The molecule has 0 bridgehead atoms. The maximum Gasteiger partial charge on any atom is 0.338 e. The van der Waals surface area contributed by atoms with Crippen molar-refractivity contribution in [1.82, 2.24) is 14.8 Å². The quantitative estimate of drug-likeness (QED) is 0.364. The highest BCUT2D eigenvalue weighted by Crippen LogP contribution is 2.38. The van der Waals surface area contributed by atoms with Crippen molar-refractivity contribution in [2.45, 2.75) is 57.7 Å². The molecule has 8 heteroatoms. The van der Waals surface area contributed by atoms with Crippen LogP contribution in [-0.4, -0.2) is 33.1 Å². The zero-order chi connectivity index (χ0) is 19.2. The van der Waals surface area contributed by atoms with E-state index in [-0.39, 0.29) is 12.0 Å². The molecule has 1 aliphatic rings. The minimum atomic E-state index is -0.302. The molecule has 0 saturated carbocycles. The number of ether oxygens (including phenoxy) is 1. The Balaban J connectivity index is 1.91. The van der Waals surface area contributed by atoms with Gasteiger partial charge in [0.15, 0.2) is 0 Å². The highest BCUT2D eigenvalue weighted by Gasteiger charge is 2.35. The number of aromatic nitrogens is 3. The van der Waals surface area contributed by atoms with Crippen molar-refractivity contribution in [1.29, 1.82) is 0 Å². The molecule has 0 amide bonds. The number of allylic oxidation sites excluding steroid dienone is 1. The van der Waals surface area contributed by atoms with Gasteiger partial charge in [0, 0.05) is 16.3 Å². The van der Waals surface area contributed by atoms with E-state index in [1.165, 1.54) is 0 Å². The number of anilines is 1. The number of carbonyl (C=O) groups is 1. The number of unbranched alkanes of at least 4 members (excludes halogenated alkanes) is 2. The molecule has 0 fully saturated rings. The van der Waals surface area contributed by atoms with Gasteiger partial charge in [0.1, 0.15) is 6.04 Å². The number of rotatable bonds is 9. The number of nitrogens with one attached hydrogen (secondary N) is 1. The fraction of sp³-hybridized carbons (Fsp3) is 0.526. The number of fused-ring (bicyclic) bond motifs is 1. The standard InChI is InChI=1S/C19H26N4O2S2/c1-4-6-10-25-17(24)15-13(3)20-18-21-19(27-11-7-5-2)22-23(18)16(15)14-9-8-12-26-14/h8-9,12,16H,4-7,10-11H2,1-3H3,(H,20,21,22). The van der Waals surface area contributed by atoms with Gasteiger partial charge >= 0.3 is 5.97 Å². The highest BCUT2D eigenvalue weighted by atomic mass is 32.2. The largest absolute Gasteiger partial charge is 0.462 e. The van der Waals surface area contributed by atoms with Crippen LogP contribution in [0.5, 0.6) is 0 Å². The van der Waals surface area contributed by atoms with Gasteiger partial charge in [-0.15, -0.1) is 16.4 Å². The van der Waals surface area contributed by atoms with Crippen LogP contribution in [0.1, 0.15) is 57.4 Å². The molecule has 1 unspecified atom stereocenters. The molecule has 1 atom stereocenters. The van der Waals surface area contributed by atoms with Crippen molar-refractivity contribution in [2.75, 3.05) is 17.7 Å². The Hall–Kier alpha value is -1.80. The molecule has 1 N–H and O–H groups in total. The summed E-state index contributed by atoms with van der Waals surface area (Å²) < 4.78 is 7.35. The monoisotopic (exact) mass is 406 g/mol. The van der Waals surface area contributed by atoms with Crippen molar-refractivity contribution in [3.63, 3.8) is 0 Å². The van der Waals surface area contributed by atoms with Crippen molar-refractivity contribution in [3.8, 4) is 0 Å². The summed E-state index contributed by atoms with van der Waals surface area (Å²) in [4.78, 5) is 18.5. The van der Waals surface area contributed by atoms with Crippen LogP contribution >= 0.6 is 23.1 Å². The summed E-state index contributed by atoms with van der Waals surface area (Å²) in [6, 6.07) is 3.72. The van der Waals surface area contributed by atoms with Gasteiger partial charge in [-0.3, -0.25) is 0 Å². The minimum Gasteiger partial charge on any atom is -0.462 e. The third-order valence-electron chi connectivity index (χ3n) is 4.33. The van der Waals surface area contributed by atoms with Gasteiger partial charge in [0.2, 0.25) is 11.1 Å². The third kappa shape index (κ3) is 4.55. The van der Waals surface area contributed by atoms with Gasteiger partial charge in [-0.05, 0) is 31.2 Å². The van der Waals surface area contributed by atoms with Gasteiger partial charge in [0.05, 0.1) is 12.2 Å². The van der Waals surface area contributed by atoms with Gasteiger partial charge in [-0.1, -0.05) is 44.5 Å². The van der Waals surface area contributed by atoms with E-state index in [9.17, 15) is 4.79 Å². The molecule has 146 valence electrons. The fourth-order valence-electron chi connectivity index (χ4n) is 2.86. The zero-order valence-corrected chi connectivity index (χ0v) is 17.7. The Kier molecular flexibility index (Phi) is 6.95. The topological polar surface area (TPSA) is 69.0 Å². The minimum absolute atomic E-state index is 0.284. The van der Waals surface area contributed by atoms with E-state index in [4.69, 9.17) is 9.84 Å². The summed E-state index contributed by atoms with van der Waals surface area (Å²) in [5, 5.41) is 10.7. The molecule has 2 aromatic rings. The number of esters is 1. The maximum absolute atomic E-state index is 12.8. The molecule has 3 heterocycles. The number of carbonyl (C=O) groups excluding carboxylic acids is 1. The normalized spacial score (nSPS) is 16.2. The molecular weight excluding hydrogens is 380 g/mol. The predicted octanol–water partition coefficient (Wildman–Crippen LogP) is 4.86. The second-order valence-corrected chi connectivity index (χ2v) is 8.48. The molecule has 2 aromatic heterocycles. The molecular formula is C19H26N4O2S2. The summed E-state index contributed by atoms with van der Waals surface area (Å²) in [5.74, 6) is 1.38. The lowest BCUT2D eigenvalue weighted by Crippen LogP contribution is -2.29. The lowest BCUT2D eigenvalue weighted by Gasteiger charge is -2.27. The number of hydrogen-bond donors (Lipinski definition) is 1. The first-order valence-corrected chi connectivity index (χ1v) is 11.3. The van der Waals surface area contributed by atoms with E-state index < -0.39 is 0 Å². The van der Waals surface area contributed by atoms with Crippen molar-refractivity contribution in [2.24, 2.45) is 0 Å². The second kappa shape index (κ2) is 9.41. The molecule has 1 aliphatic heterocycles. The van der Waals surface area contributed by atoms with Crippen LogP contribution in [0, 0.1) is 0 Å². The maximum atomic E-state index is 12.8. The van der Waals surface area contributed by atoms with Crippen LogP contribution in [0.2, 0.25) is 0 Å². The van der Waals surface area contributed by atoms with Crippen LogP contribution in [0.15, 0.2) is 33.9 Å². The summed E-state index contributed by atoms with van der Waals surface area (Å²) in [6.07, 6.45) is 4.12. The molecule has 0 aromatic carbocycles. The molecule has 6 nitrogen and oxygen atoms in total. The van der Waals surface area contributed by atoms with Crippen LogP contribution in [0.4, 0.5) is 5.95 Å². The number of hydrogen-bond acceptors (Lipinski definition) is 7. The van der Waals surface area contributed by atoms with Gasteiger partial charge in [-0.25, -0.2) is 9.48 Å². The van der Waals surface area contributed by atoms with Gasteiger partial charge in [0.25, 0.3) is 0 Å². The third-order valence-corrected chi connectivity index (χ3v) is 6.17. The Bertz CT molecular complexity index is 799. The van der Waals surface area contributed by atoms with E-state index in [1.54, 1.807) is 23.1 Å². The van der Waals surface area contributed by atoms with Crippen molar-refractivity contribution in [3.05, 3.63) is 33.7 Å². The van der Waals surface area contributed by atoms with Crippen molar-refractivity contribution < 1.29 is 9.53 Å². The average Bonchev–Trinajstić information content (AvgIpc) is 3.30. The lowest BCUT2D eigenvalue weighted by atomic mass is 10.0. The Morgan fingerprint density at radius 2 is 2.19 bits per heavy atom. The van der Waals surface area contributed by atoms with Crippen molar-refractivity contribution >= 4 is 35.0 Å². The number of thiophene rings is 1. The predicted molar refractivity (Wildman–Crippen MR) is 110 cm³/mol. The zero-order valence-electron chi connectivity index (χ0n) is 16.0. The summed E-state index contributed by atoms with van der Waals surface area (Å²) >= 11 is 3.26. The molecule has 3 rings (SSSR count). The van der Waals surface area contributed by atoms with Crippen LogP contribution in [0.3, 0.4) is 0 Å². The average molecular weight is 407 g/mol. The molecule has 0 spiro atoms. The van der Waals surface area contributed by atoms with E-state index in [0.717, 1.165) is 47.2 Å².